The van der Waals surface area contributed by atoms with Crippen LogP contribution in [0.15, 0.2) is 48.7 Å². The lowest BCUT2D eigenvalue weighted by Crippen LogP contribution is -2.55. The molecule has 1 aromatic heterocycles. The SMILES string of the molecule is COc1ccccc1Cc1cn([C@@H]2OC[C@@H](OC(C)=O)[C@H](OC(C)=O)[C@H]2OC(C)=O)c2cccc(Cl)c12. The molecule has 1 fully saturated rings. The predicted octanol–water partition coefficient (Wildman–Crippen LogP) is 4.22. The van der Waals surface area contributed by atoms with E-state index in [1.165, 1.54) is 20.8 Å². The number of carbonyl (C=O) groups excluding carboxylic acids is 3. The van der Waals surface area contributed by atoms with E-state index in [0.29, 0.717) is 11.4 Å². The maximum absolute atomic E-state index is 12.1. The van der Waals surface area contributed by atoms with Crippen molar-refractivity contribution in [2.24, 2.45) is 0 Å². The van der Waals surface area contributed by atoms with E-state index in [-0.39, 0.29) is 6.61 Å². The molecule has 0 aliphatic carbocycles. The Hall–Kier alpha value is -3.56. The molecular formula is C27H28ClNO8. The summed E-state index contributed by atoms with van der Waals surface area (Å²) in [5.41, 5.74) is 2.58. The van der Waals surface area contributed by atoms with E-state index in [1.807, 2.05) is 42.6 Å². The molecule has 10 heteroatoms. The summed E-state index contributed by atoms with van der Waals surface area (Å²) in [6.45, 7) is 3.64. The minimum absolute atomic E-state index is 0.0813. The summed E-state index contributed by atoms with van der Waals surface area (Å²) >= 11 is 6.66. The van der Waals surface area contributed by atoms with Crippen LogP contribution in [0.3, 0.4) is 0 Å². The Labute approximate surface area is 219 Å². The second-order valence-corrected chi connectivity index (χ2v) is 9.11. The van der Waals surface area contributed by atoms with E-state index < -0.39 is 42.4 Å². The maximum atomic E-state index is 12.1. The number of halogens is 1. The summed E-state index contributed by atoms with van der Waals surface area (Å²) < 4.78 is 29.9. The second-order valence-electron chi connectivity index (χ2n) is 8.70. The van der Waals surface area contributed by atoms with Crippen molar-refractivity contribution in [3.05, 3.63) is 64.8 Å². The van der Waals surface area contributed by atoms with Gasteiger partial charge in [-0.2, -0.15) is 0 Å². The van der Waals surface area contributed by atoms with Crippen molar-refractivity contribution in [1.82, 2.24) is 4.57 Å². The minimum atomic E-state index is -1.10. The topological polar surface area (TPSA) is 102 Å². The monoisotopic (exact) mass is 529 g/mol. The quantitative estimate of drug-likeness (QED) is 0.331. The van der Waals surface area contributed by atoms with Crippen molar-refractivity contribution in [3.63, 3.8) is 0 Å². The third-order valence-electron chi connectivity index (χ3n) is 6.06. The number of rotatable bonds is 7. The van der Waals surface area contributed by atoms with Crippen molar-refractivity contribution in [2.45, 2.75) is 51.7 Å². The Kier molecular flexibility index (Phi) is 8.04. The lowest BCUT2D eigenvalue weighted by molar-refractivity contribution is -0.239. The van der Waals surface area contributed by atoms with Crippen LogP contribution in [-0.4, -0.2) is 54.5 Å². The molecular weight excluding hydrogens is 502 g/mol. The second kappa shape index (κ2) is 11.2. The Morgan fingerprint density at radius 1 is 0.919 bits per heavy atom. The minimum Gasteiger partial charge on any atom is -0.496 e. The molecule has 1 aliphatic heterocycles. The maximum Gasteiger partial charge on any atom is 0.303 e. The summed E-state index contributed by atoms with van der Waals surface area (Å²) in [6, 6.07) is 13.2. The van der Waals surface area contributed by atoms with Gasteiger partial charge >= 0.3 is 17.9 Å². The molecule has 0 amide bonds. The number of para-hydroxylation sites is 1. The van der Waals surface area contributed by atoms with Gasteiger partial charge in [0.2, 0.25) is 0 Å². The fourth-order valence-corrected chi connectivity index (χ4v) is 5.00. The zero-order chi connectivity index (χ0) is 26.7. The van der Waals surface area contributed by atoms with Gasteiger partial charge in [0.05, 0.1) is 24.3 Å². The lowest BCUT2D eigenvalue weighted by Gasteiger charge is -2.41. The number of ether oxygens (including phenoxy) is 5. The Bertz CT molecular complexity index is 1320. The van der Waals surface area contributed by atoms with Gasteiger partial charge in [-0.25, -0.2) is 0 Å². The number of carbonyl (C=O) groups is 3. The summed E-state index contributed by atoms with van der Waals surface area (Å²) in [5.74, 6) is -1.07. The molecule has 1 aliphatic rings. The normalized spacial score (nSPS) is 21.3. The van der Waals surface area contributed by atoms with Gasteiger partial charge in [-0.05, 0) is 29.3 Å². The lowest BCUT2D eigenvalue weighted by atomic mass is 10.0. The molecule has 0 radical (unpaired) electrons. The Balaban J connectivity index is 1.82. The molecule has 4 atom stereocenters. The summed E-state index contributed by atoms with van der Waals surface area (Å²) in [7, 11) is 1.61. The predicted molar refractivity (Wildman–Crippen MR) is 134 cm³/mol. The highest BCUT2D eigenvalue weighted by atomic mass is 35.5. The molecule has 0 N–H and O–H groups in total. The average molecular weight is 530 g/mol. The number of benzene rings is 2. The van der Waals surface area contributed by atoms with Crippen LogP contribution >= 0.6 is 11.6 Å². The van der Waals surface area contributed by atoms with Crippen LogP contribution in [0.1, 0.15) is 38.1 Å². The Morgan fingerprint density at radius 3 is 2.27 bits per heavy atom. The van der Waals surface area contributed by atoms with Crippen molar-refractivity contribution < 1.29 is 38.1 Å². The molecule has 37 heavy (non-hydrogen) atoms. The van der Waals surface area contributed by atoms with E-state index in [2.05, 4.69) is 0 Å². The number of esters is 3. The van der Waals surface area contributed by atoms with E-state index in [9.17, 15) is 14.4 Å². The van der Waals surface area contributed by atoms with Gasteiger partial charge in [-0.3, -0.25) is 14.4 Å². The molecule has 196 valence electrons. The first-order valence-corrected chi connectivity index (χ1v) is 12.1. The van der Waals surface area contributed by atoms with Crippen LogP contribution in [-0.2, 0) is 39.8 Å². The first-order chi connectivity index (χ1) is 17.7. The Morgan fingerprint density at radius 2 is 1.59 bits per heavy atom. The molecule has 4 rings (SSSR count). The number of hydrogen-bond donors (Lipinski definition) is 0. The van der Waals surface area contributed by atoms with E-state index in [4.69, 9.17) is 35.3 Å². The van der Waals surface area contributed by atoms with Gasteiger partial charge in [-0.15, -0.1) is 0 Å². The molecule has 9 nitrogen and oxygen atoms in total. The van der Waals surface area contributed by atoms with Gasteiger partial charge in [0.15, 0.2) is 24.5 Å². The molecule has 2 heterocycles. The first kappa shape index (κ1) is 26.5. The number of methoxy groups -OCH3 is 1. The molecule has 0 spiro atoms. The number of hydrogen-bond acceptors (Lipinski definition) is 8. The van der Waals surface area contributed by atoms with E-state index >= 15 is 0 Å². The van der Waals surface area contributed by atoms with Crippen molar-refractivity contribution in [1.29, 1.82) is 0 Å². The molecule has 0 saturated carbocycles. The smallest absolute Gasteiger partial charge is 0.303 e. The summed E-state index contributed by atoms with van der Waals surface area (Å²) in [4.78, 5) is 35.8. The van der Waals surface area contributed by atoms with Gasteiger partial charge in [0.1, 0.15) is 5.75 Å². The fraction of sp³-hybridized carbons (Fsp3) is 0.370. The summed E-state index contributed by atoms with van der Waals surface area (Å²) in [6.07, 6.45) is -1.66. The van der Waals surface area contributed by atoms with Gasteiger partial charge in [0, 0.05) is 38.8 Å². The van der Waals surface area contributed by atoms with E-state index in [0.717, 1.165) is 27.8 Å². The van der Waals surface area contributed by atoms with Crippen LogP contribution in [0.4, 0.5) is 0 Å². The van der Waals surface area contributed by atoms with Crippen LogP contribution < -0.4 is 4.74 Å². The number of nitrogens with zero attached hydrogens (tertiary/aromatic N) is 1. The van der Waals surface area contributed by atoms with E-state index in [1.54, 1.807) is 17.7 Å². The summed E-state index contributed by atoms with van der Waals surface area (Å²) in [5, 5.41) is 1.33. The van der Waals surface area contributed by atoms with Crippen molar-refractivity contribution >= 4 is 40.4 Å². The van der Waals surface area contributed by atoms with Crippen LogP contribution in [0.5, 0.6) is 5.75 Å². The highest BCUT2D eigenvalue weighted by Gasteiger charge is 2.48. The van der Waals surface area contributed by atoms with Gasteiger partial charge < -0.3 is 28.3 Å². The zero-order valence-corrected chi connectivity index (χ0v) is 21.7. The molecule has 3 aromatic rings. The number of fused-ring (bicyclic) bond motifs is 1. The average Bonchev–Trinajstić information content (AvgIpc) is 3.20. The highest BCUT2D eigenvalue weighted by Crippen LogP contribution is 2.38. The van der Waals surface area contributed by atoms with Crippen LogP contribution in [0.25, 0.3) is 10.9 Å². The van der Waals surface area contributed by atoms with Crippen LogP contribution in [0.2, 0.25) is 5.02 Å². The standard InChI is InChI=1S/C27H28ClNO8/c1-15(30)35-23-14-34-27(26(37-17(3)32)25(23)36-16(2)31)29-13-19(24-20(28)9-7-10-21(24)29)12-18-8-5-6-11-22(18)33-4/h5-11,13,23,25-27H,12,14H2,1-4H3/t23-,25+,26-,27-/m1/s1. The molecule has 1 saturated heterocycles. The third kappa shape index (κ3) is 5.73. The highest BCUT2D eigenvalue weighted by molar-refractivity contribution is 6.35. The van der Waals surface area contributed by atoms with Gasteiger partial charge in [-0.1, -0.05) is 35.9 Å². The first-order valence-electron chi connectivity index (χ1n) is 11.7. The third-order valence-corrected chi connectivity index (χ3v) is 6.37. The molecule has 0 bridgehead atoms. The fourth-order valence-electron chi connectivity index (χ4n) is 4.71. The number of aromatic nitrogens is 1. The van der Waals surface area contributed by atoms with Crippen LogP contribution in [0, 0.1) is 0 Å². The molecule has 2 aromatic carbocycles. The molecule has 0 unspecified atom stereocenters. The largest absolute Gasteiger partial charge is 0.496 e. The zero-order valence-electron chi connectivity index (χ0n) is 20.9. The van der Waals surface area contributed by atoms with Crippen molar-refractivity contribution in [3.8, 4) is 5.75 Å². The van der Waals surface area contributed by atoms with Crippen molar-refractivity contribution in [2.75, 3.05) is 13.7 Å². The van der Waals surface area contributed by atoms with Gasteiger partial charge in [0.25, 0.3) is 0 Å².